The molecule has 3 N–H and O–H groups in total. The molecule has 0 aliphatic rings. The Bertz CT molecular complexity index is 362. The Morgan fingerprint density at radius 2 is 1.36 bits per heavy atom. The number of aliphatic hydroxyl groups is 1. The van der Waals surface area contributed by atoms with E-state index in [0.29, 0.717) is 0 Å². The van der Waals surface area contributed by atoms with Crippen molar-refractivity contribution < 1.29 is 53.7 Å². The van der Waals surface area contributed by atoms with Crippen LogP contribution in [0.3, 0.4) is 0 Å². The monoisotopic (exact) mass is 355 g/mol. The average molecular weight is 355 g/mol. The first-order valence-electron chi connectivity index (χ1n) is 5.40. The Hall–Kier alpha value is -0.820. The van der Waals surface area contributed by atoms with Gasteiger partial charge in [-0.25, -0.2) is 8.78 Å². The van der Waals surface area contributed by atoms with E-state index in [9.17, 15) is 43.9 Å². The summed E-state index contributed by atoms with van der Waals surface area (Å²) in [6.45, 7) is -4.16. The van der Waals surface area contributed by atoms with Crippen LogP contribution < -0.4 is 5.73 Å². The SMILES string of the molecule is NCC(O)COCC(F)(F)C(F)(F)C(F)(F)C(F)(F)C(F)F. The minimum Gasteiger partial charge on any atom is -0.389 e. The first-order chi connectivity index (χ1) is 9.65. The highest BCUT2D eigenvalue weighted by Gasteiger charge is 2.82. The molecular formula is C9H11F10NO2. The van der Waals surface area contributed by atoms with Crippen molar-refractivity contribution in [2.24, 2.45) is 5.73 Å². The van der Waals surface area contributed by atoms with Crippen molar-refractivity contribution in [2.75, 3.05) is 19.8 Å². The van der Waals surface area contributed by atoms with Gasteiger partial charge in [0.05, 0.1) is 12.7 Å². The highest BCUT2D eigenvalue weighted by atomic mass is 19.4. The van der Waals surface area contributed by atoms with E-state index in [-0.39, 0.29) is 0 Å². The Labute approximate surface area is 117 Å². The molecule has 0 bridgehead atoms. The van der Waals surface area contributed by atoms with Crippen molar-refractivity contribution in [3.8, 4) is 0 Å². The summed E-state index contributed by atoms with van der Waals surface area (Å²) >= 11 is 0. The van der Waals surface area contributed by atoms with Crippen molar-refractivity contribution in [3.05, 3.63) is 0 Å². The lowest BCUT2D eigenvalue weighted by Gasteiger charge is -2.36. The summed E-state index contributed by atoms with van der Waals surface area (Å²) < 4.78 is 130. The zero-order valence-corrected chi connectivity index (χ0v) is 10.5. The molecule has 3 nitrogen and oxygen atoms in total. The number of rotatable bonds is 9. The zero-order valence-electron chi connectivity index (χ0n) is 10.5. The van der Waals surface area contributed by atoms with Gasteiger partial charge in [0, 0.05) is 6.54 Å². The van der Waals surface area contributed by atoms with Crippen LogP contribution >= 0.6 is 0 Å². The van der Waals surface area contributed by atoms with Crippen LogP contribution in [0.25, 0.3) is 0 Å². The summed E-state index contributed by atoms with van der Waals surface area (Å²) in [6, 6.07) is 0. The number of aliphatic hydroxyl groups excluding tert-OH is 1. The summed E-state index contributed by atoms with van der Waals surface area (Å²) in [5, 5.41) is 8.77. The molecule has 22 heavy (non-hydrogen) atoms. The third-order valence-electron chi connectivity index (χ3n) is 2.41. The fraction of sp³-hybridized carbons (Fsp3) is 1.00. The third kappa shape index (κ3) is 3.74. The predicted molar refractivity (Wildman–Crippen MR) is 51.7 cm³/mol. The Morgan fingerprint density at radius 3 is 1.73 bits per heavy atom. The van der Waals surface area contributed by atoms with E-state index in [1.165, 1.54) is 0 Å². The number of alkyl halides is 10. The minimum atomic E-state index is -7.05. The van der Waals surface area contributed by atoms with Gasteiger partial charge in [0.25, 0.3) is 0 Å². The quantitative estimate of drug-likeness (QED) is 0.623. The molecule has 0 aromatic rings. The molecule has 0 aromatic heterocycles. The summed E-state index contributed by atoms with van der Waals surface area (Å²) in [5.74, 6) is -26.5. The van der Waals surface area contributed by atoms with Crippen LogP contribution in [0.4, 0.5) is 43.9 Å². The molecular weight excluding hydrogens is 344 g/mol. The molecule has 0 aromatic carbocycles. The molecule has 0 spiro atoms. The summed E-state index contributed by atoms with van der Waals surface area (Å²) in [4.78, 5) is 0. The fourth-order valence-corrected chi connectivity index (χ4v) is 1.06. The third-order valence-corrected chi connectivity index (χ3v) is 2.41. The maximum atomic E-state index is 13.0. The molecule has 0 rings (SSSR count). The summed E-state index contributed by atoms with van der Waals surface area (Å²) in [5.41, 5.74) is 4.80. The van der Waals surface area contributed by atoms with Crippen molar-refractivity contribution in [1.82, 2.24) is 0 Å². The second-order valence-electron chi connectivity index (χ2n) is 4.18. The standard InChI is InChI=1S/C9H11F10NO2/c10-5(11)7(14,15)9(18,19)8(16,17)6(12,13)3-22-2-4(21)1-20/h4-5,21H,1-3,20H2. The lowest BCUT2D eigenvalue weighted by Crippen LogP contribution is -2.65. The van der Waals surface area contributed by atoms with Gasteiger partial charge in [0.1, 0.15) is 6.61 Å². The lowest BCUT2D eigenvalue weighted by atomic mass is 9.99. The Morgan fingerprint density at radius 1 is 0.909 bits per heavy atom. The van der Waals surface area contributed by atoms with Gasteiger partial charge in [-0.3, -0.25) is 0 Å². The number of halogens is 10. The van der Waals surface area contributed by atoms with E-state index in [2.05, 4.69) is 4.74 Å². The van der Waals surface area contributed by atoms with E-state index in [1.807, 2.05) is 0 Å². The van der Waals surface area contributed by atoms with Crippen molar-refractivity contribution in [3.63, 3.8) is 0 Å². The second-order valence-corrected chi connectivity index (χ2v) is 4.18. The minimum absolute atomic E-state index is 0.554. The van der Waals surface area contributed by atoms with Gasteiger partial charge in [-0.2, -0.15) is 35.1 Å². The van der Waals surface area contributed by atoms with Gasteiger partial charge < -0.3 is 15.6 Å². The average Bonchev–Trinajstić information content (AvgIpc) is 2.37. The van der Waals surface area contributed by atoms with Crippen LogP contribution in [0.15, 0.2) is 0 Å². The zero-order chi connectivity index (χ0) is 18.0. The molecule has 1 unspecified atom stereocenters. The predicted octanol–water partition coefficient (Wildman–Crippen LogP) is 2.13. The first kappa shape index (κ1) is 21.2. The van der Waals surface area contributed by atoms with Crippen LogP contribution in [0.5, 0.6) is 0 Å². The Kier molecular flexibility index (Phi) is 6.49. The van der Waals surface area contributed by atoms with E-state index < -0.39 is 56.0 Å². The molecule has 0 aliphatic heterocycles. The highest BCUT2D eigenvalue weighted by molar-refractivity contribution is 5.04. The molecule has 0 heterocycles. The number of ether oxygens (including phenoxy) is 1. The Balaban J connectivity index is 5.24. The van der Waals surface area contributed by atoms with Gasteiger partial charge in [0.2, 0.25) is 0 Å². The summed E-state index contributed by atoms with van der Waals surface area (Å²) in [7, 11) is 0. The van der Waals surface area contributed by atoms with Gasteiger partial charge in [-0.05, 0) is 0 Å². The van der Waals surface area contributed by atoms with E-state index in [1.54, 1.807) is 0 Å². The number of hydrogen-bond donors (Lipinski definition) is 2. The molecule has 134 valence electrons. The van der Waals surface area contributed by atoms with E-state index >= 15 is 0 Å². The second kappa shape index (κ2) is 6.74. The number of hydrogen-bond acceptors (Lipinski definition) is 3. The highest BCUT2D eigenvalue weighted by Crippen LogP contribution is 2.54. The molecule has 0 radical (unpaired) electrons. The van der Waals surface area contributed by atoms with Crippen LogP contribution in [0, 0.1) is 0 Å². The smallest absolute Gasteiger partial charge is 0.384 e. The van der Waals surface area contributed by atoms with Crippen molar-refractivity contribution in [1.29, 1.82) is 0 Å². The van der Waals surface area contributed by atoms with Gasteiger partial charge in [-0.1, -0.05) is 0 Å². The largest absolute Gasteiger partial charge is 0.389 e. The molecule has 0 fully saturated rings. The van der Waals surface area contributed by atoms with Crippen LogP contribution in [-0.2, 0) is 4.74 Å². The van der Waals surface area contributed by atoms with Gasteiger partial charge in [0.15, 0.2) is 0 Å². The van der Waals surface area contributed by atoms with Crippen LogP contribution in [0.1, 0.15) is 0 Å². The van der Waals surface area contributed by atoms with Crippen molar-refractivity contribution in [2.45, 2.75) is 36.2 Å². The van der Waals surface area contributed by atoms with Crippen LogP contribution in [-0.4, -0.2) is 61.1 Å². The van der Waals surface area contributed by atoms with E-state index in [4.69, 9.17) is 10.8 Å². The fourth-order valence-electron chi connectivity index (χ4n) is 1.06. The molecule has 0 aliphatic carbocycles. The molecule has 0 amide bonds. The lowest BCUT2D eigenvalue weighted by molar-refractivity contribution is -0.388. The van der Waals surface area contributed by atoms with Gasteiger partial charge >= 0.3 is 30.1 Å². The van der Waals surface area contributed by atoms with Crippen molar-refractivity contribution >= 4 is 0 Å². The first-order valence-corrected chi connectivity index (χ1v) is 5.40. The molecule has 0 saturated heterocycles. The topological polar surface area (TPSA) is 55.5 Å². The van der Waals surface area contributed by atoms with Crippen LogP contribution in [0.2, 0.25) is 0 Å². The molecule has 1 atom stereocenters. The van der Waals surface area contributed by atoms with Gasteiger partial charge in [-0.15, -0.1) is 0 Å². The molecule has 13 heteroatoms. The van der Waals surface area contributed by atoms with E-state index in [0.717, 1.165) is 0 Å². The maximum Gasteiger partial charge on any atom is 0.384 e. The maximum absolute atomic E-state index is 13.0. The number of nitrogens with two attached hydrogens (primary N) is 1. The molecule has 0 saturated carbocycles. The summed E-state index contributed by atoms with van der Waals surface area (Å²) in [6.07, 6.45) is -6.91. The normalized spacial score (nSPS) is 16.2.